The third kappa shape index (κ3) is 2.78. The Bertz CT molecular complexity index is 780. The van der Waals surface area contributed by atoms with Crippen LogP contribution in [0.15, 0.2) is 30.5 Å². The van der Waals surface area contributed by atoms with E-state index in [1.165, 1.54) is 0 Å². The van der Waals surface area contributed by atoms with Gasteiger partial charge in [-0.15, -0.1) is 0 Å². The van der Waals surface area contributed by atoms with Gasteiger partial charge in [-0.3, -0.25) is 4.79 Å². The number of nitrogens with zero attached hydrogens (tertiary/aromatic N) is 3. The lowest BCUT2D eigenvalue weighted by atomic mass is 10.1. The fraction of sp³-hybridized carbons (Fsp3) is 0.353. The van der Waals surface area contributed by atoms with Crippen LogP contribution in [0.2, 0.25) is 0 Å². The van der Waals surface area contributed by atoms with Crippen molar-refractivity contribution in [2.75, 3.05) is 26.5 Å². The molecule has 1 amide bonds. The number of carbonyl (C=O) groups excluding carboxylic acids is 1. The van der Waals surface area contributed by atoms with E-state index in [-0.39, 0.29) is 18.8 Å². The highest BCUT2D eigenvalue weighted by Crippen LogP contribution is 2.33. The van der Waals surface area contributed by atoms with Gasteiger partial charge in [-0.25, -0.2) is 9.97 Å². The molecule has 0 N–H and O–H groups in total. The minimum atomic E-state index is -0.309. The van der Waals surface area contributed by atoms with Crippen LogP contribution in [0, 0.1) is 6.92 Å². The predicted molar refractivity (Wildman–Crippen MR) is 83.9 cm³/mol. The zero-order chi connectivity index (χ0) is 16.5. The monoisotopic (exact) mass is 327 g/mol. The molecule has 0 spiro atoms. The molecule has 1 atom stereocenters. The highest BCUT2D eigenvalue weighted by Gasteiger charge is 2.28. The summed E-state index contributed by atoms with van der Waals surface area (Å²) in [5.74, 6) is 1.82. The number of hydrogen-bond donors (Lipinski definition) is 0. The van der Waals surface area contributed by atoms with E-state index in [1.54, 1.807) is 29.3 Å². The minimum Gasteiger partial charge on any atom is -0.454 e. The highest BCUT2D eigenvalue weighted by molar-refractivity contribution is 5.95. The van der Waals surface area contributed by atoms with Crippen molar-refractivity contribution in [2.24, 2.45) is 0 Å². The topological polar surface area (TPSA) is 73.8 Å². The Labute approximate surface area is 139 Å². The summed E-state index contributed by atoms with van der Waals surface area (Å²) in [5.41, 5.74) is 1.45. The van der Waals surface area contributed by atoms with Crippen molar-refractivity contribution in [3.63, 3.8) is 0 Å². The number of benzene rings is 1. The fourth-order valence-electron chi connectivity index (χ4n) is 2.83. The number of amides is 1. The fourth-order valence-corrected chi connectivity index (χ4v) is 2.83. The average Bonchev–Trinajstić information content (AvgIpc) is 3.09. The number of aromatic nitrogens is 2. The molecular formula is C17H17N3O4. The number of fused-ring (bicyclic) bond motifs is 1. The molecule has 2 aromatic rings. The first-order chi connectivity index (χ1) is 11.7. The van der Waals surface area contributed by atoms with Crippen molar-refractivity contribution in [3.05, 3.63) is 47.5 Å². The zero-order valence-corrected chi connectivity index (χ0v) is 13.3. The van der Waals surface area contributed by atoms with Gasteiger partial charge in [0.05, 0.1) is 13.2 Å². The van der Waals surface area contributed by atoms with Crippen LogP contribution >= 0.6 is 0 Å². The number of rotatable bonds is 2. The molecule has 1 saturated heterocycles. The highest BCUT2D eigenvalue weighted by atomic mass is 16.7. The number of carbonyl (C=O) groups is 1. The lowest BCUT2D eigenvalue weighted by Gasteiger charge is -2.32. The number of ether oxygens (including phenoxy) is 3. The van der Waals surface area contributed by atoms with Gasteiger partial charge in [0.2, 0.25) is 6.79 Å². The van der Waals surface area contributed by atoms with Crippen molar-refractivity contribution in [3.8, 4) is 11.5 Å². The molecule has 4 rings (SSSR count). The quantitative estimate of drug-likeness (QED) is 0.836. The minimum absolute atomic E-state index is 0.0609. The number of morpholine rings is 1. The molecule has 124 valence electrons. The summed E-state index contributed by atoms with van der Waals surface area (Å²) in [6.45, 7) is 3.52. The maximum atomic E-state index is 12.8. The van der Waals surface area contributed by atoms with Crippen molar-refractivity contribution < 1.29 is 19.0 Å². The average molecular weight is 327 g/mol. The van der Waals surface area contributed by atoms with Crippen molar-refractivity contribution in [2.45, 2.75) is 13.0 Å². The standard InChI is InChI=1S/C17H17N3O4/c1-11-4-5-18-16(19-11)15-9-20(6-7-22-15)17(21)12-2-3-13-14(8-12)24-10-23-13/h2-5,8,15H,6-7,9-10H2,1H3. The molecule has 1 unspecified atom stereocenters. The second-order valence-electron chi connectivity index (χ2n) is 5.73. The normalized spacial score (nSPS) is 19.4. The van der Waals surface area contributed by atoms with Gasteiger partial charge in [0, 0.05) is 24.0 Å². The molecule has 0 radical (unpaired) electrons. The van der Waals surface area contributed by atoms with Crippen LogP contribution in [-0.2, 0) is 4.74 Å². The zero-order valence-electron chi connectivity index (χ0n) is 13.3. The molecular weight excluding hydrogens is 310 g/mol. The van der Waals surface area contributed by atoms with Crippen LogP contribution in [-0.4, -0.2) is 47.3 Å². The lowest BCUT2D eigenvalue weighted by Crippen LogP contribution is -2.42. The van der Waals surface area contributed by atoms with Crippen molar-refractivity contribution in [1.82, 2.24) is 14.9 Å². The molecule has 1 aromatic carbocycles. The van der Waals surface area contributed by atoms with E-state index in [0.717, 1.165) is 5.69 Å². The summed E-state index contributed by atoms with van der Waals surface area (Å²) in [5, 5.41) is 0. The van der Waals surface area contributed by atoms with Crippen molar-refractivity contribution >= 4 is 5.91 Å². The van der Waals surface area contributed by atoms with Crippen LogP contribution in [0.5, 0.6) is 11.5 Å². The SMILES string of the molecule is Cc1ccnc(C2CN(C(=O)c3ccc4c(c3)OCO4)CCO2)n1. The first-order valence-electron chi connectivity index (χ1n) is 7.81. The van der Waals surface area contributed by atoms with Crippen LogP contribution < -0.4 is 9.47 Å². The van der Waals surface area contributed by atoms with E-state index in [0.29, 0.717) is 42.6 Å². The summed E-state index contributed by atoms with van der Waals surface area (Å²) in [6, 6.07) is 7.07. The Morgan fingerprint density at radius 3 is 3.00 bits per heavy atom. The van der Waals surface area contributed by atoms with E-state index < -0.39 is 0 Å². The first-order valence-corrected chi connectivity index (χ1v) is 7.81. The number of hydrogen-bond acceptors (Lipinski definition) is 6. The molecule has 1 fully saturated rings. The van der Waals surface area contributed by atoms with Crippen LogP contribution in [0.4, 0.5) is 0 Å². The third-order valence-corrected chi connectivity index (χ3v) is 4.07. The van der Waals surface area contributed by atoms with Gasteiger partial charge in [0.15, 0.2) is 17.3 Å². The maximum absolute atomic E-state index is 12.8. The molecule has 2 aliphatic rings. The molecule has 0 saturated carbocycles. The van der Waals surface area contributed by atoms with Crippen LogP contribution in [0.1, 0.15) is 28.0 Å². The van der Waals surface area contributed by atoms with Gasteiger partial charge in [0.25, 0.3) is 5.91 Å². The van der Waals surface area contributed by atoms with Crippen LogP contribution in [0.25, 0.3) is 0 Å². The van der Waals surface area contributed by atoms with E-state index >= 15 is 0 Å². The van der Waals surface area contributed by atoms with Gasteiger partial charge < -0.3 is 19.1 Å². The van der Waals surface area contributed by atoms with Crippen molar-refractivity contribution in [1.29, 1.82) is 0 Å². The number of aryl methyl sites for hydroxylation is 1. The van der Waals surface area contributed by atoms with E-state index in [4.69, 9.17) is 14.2 Å². The summed E-state index contributed by atoms with van der Waals surface area (Å²) >= 11 is 0. The van der Waals surface area contributed by atoms with Gasteiger partial charge in [-0.05, 0) is 31.2 Å². The predicted octanol–water partition coefficient (Wildman–Crippen LogP) is 1.73. The summed E-state index contributed by atoms with van der Waals surface area (Å²) in [7, 11) is 0. The molecule has 0 aliphatic carbocycles. The maximum Gasteiger partial charge on any atom is 0.254 e. The van der Waals surface area contributed by atoms with Gasteiger partial charge in [0.1, 0.15) is 6.10 Å². The Morgan fingerprint density at radius 1 is 1.25 bits per heavy atom. The molecule has 7 heteroatoms. The second kappa shape index (κ2) is 6.09. The Balaban J connectivity index is 1.52. The Morgan fingerprint density at radius 2 is 2.12 bits per heavy atom. The van der Waals surface area contributed by atoms with E-state index in [2.05, 4.69) is 9.97 Å². The summed E-state index contributed by atoms with van der Waals surface area (Å²) in [6.07, 6.45) is 1.40. The van der Waals surface area contributed by atoms with Gasteiger partial charge in [-0.1, -0.05) is 0 Å². The summed E-state index contributed by atoms with van der Waals surface area (Å²) in [4.78, 5) is 23.2. The Kier molecular flexibility index (Phi) is 3.78. The summed E-state index contributed by atoms with van der Waals surface area (Å²) < 4.78 is 16.4. The first kappa shape index (κ1) is 14.9. The Hall–Kier alpha value is -2.67. The van der Waals surface area contributed by atoms with Crippen LogP contribution in [0.3, 0.4) is 0 Å². The molecule has 1 aromatic heterocycles. The second-order valence-corrected chi connectivity index (χ2v) is 5.73. The lowest BCUT2D eigenvalue weighted by molar-refractivity contribution is -0.0268. The molecule has 3 heterocycles. The van der Waals surface area contributed by atoms with Gasteiger partial charge in [-0.2, -0.15) is 0 Å². The molecule has 0 bridgehead atoms. The molecule has 2 aliphatic heterocycles. The third-order valence-electron chi connectivity index (χ3n) is 4.07. The largest absolute Gasteiger partial charge is 0.454 e. The smallest absolute Gasteiger partial charge is 0.254 e. The van der Waals surface area contributed by atoms with E-state index in [1.807, 2.05) is 13.0 Å². The molecule has 7 nitrogen and oxygen atoms in total. The molecule has 24 heavy (non-hydrogen) atoms. The van der Waals surface area contributed by atoms with Gasteiger partial charge >= 0.3 is 0 Å². The van der Waals surface area contributed by atoms with E-state index in [9.17, 15) is 4.79 Å².